The number of benzene rings is 2. The summed E-state index contributed by atoms with van der Waals surface area (Å²) in [6.07, 6.45) is 1.56. The molecule has 0 atom stereocenters. The van der Waals surface area contributed by atoms with Gasteiger partial charge < -0.3 is 19.7 Å². The number of nitrogens with zero attached hydrogens (tertiary/aromatic N) is 1. The van der Waals surface area contributed by atoms with Gasteiger partial charge in [0.25, 0.3) is 0 Å². The van der Waals surface area contributed by atoms with Crippen LogP contribution in [0.1, 0.15) is 28.4 Å². The number of aromatic carboxylic acids is 1. The van der Waals surface area contributed by atoms with Crippen molar-refractivity contribution in [3.8, 4) is 17.6 Å². The van der Waals surface area contributed by atoms with Crippen molar-refractivity contribution < 1.29 is 29.3 Å². The van der Waals surface area contributed by atoms with Crippen LogP contribution in [-0.2, 0) is 4.79 Å². The topological polar surface area (TPSA) is 117 Å². The Morgan fingerprint density at radius 3 is 2.32 bits per heavy atom. The summed E-state index contributed by atoms with van der Waals surface area (Å²) in [6, 6.07) is 11.0. The van der Waals surface area contributed by atoms with Crippen LogP contribution in [0.3, 0.4) is 0 Å². The third-order valence-electron chi connectivity index (χ3n) is 3.55. The molecular formula is C20H16ClNO6. The molecule has 2 aromatic carbocycles. The first-order valence-corrected chi connectivity index (χ1v) is 8.50. The van der Waals surface area contributed by atoms with Crippen LogP contribution < -0.4 is 9.47 Å². The number of carbonyl (C=O) groups is 2. The van der Waals surface area contributed by atoms with Crippen molar-refractivity contribution >= 4 is 35.2 Å². The van der Waals surface area contributed by atoms with Gasteiger partial charge in [0.2, 0.25) is 0 Å². The van der Waals surface area contributed by atoms with E-state index in [2.05, 4.69) is 6.07 Å². The normalized spacial score (nSPS) is 10.8. The maximum absolute atomic E-state index is 10.9. The molecule has 2 N–H and O–H groups in total. The smallest absolute Gasteiger partial charge is 0.341 e. The lowest BCUT2D eigenvalue weighted by Gasteiger charge is -2.13. The molecule has 8 heteroatoms. The number of rotatable bonds is 8. The van der Waals surface area contributed by atoms with Crippen molar-refractivity contribution in [3.63, 3.8) is 0 Å². The number of nitriles is 1. The van der Waals surface area contributed by atoms with E-state index < -0.39 is 18.5 Å². The van der Waals surface area contributed by atoms with Crippen LogP contribution >= 0.6 is 11.6 Å². The van der Waals surface area contributed by atoms with Gasteiger partial charge in [-0.2, -0.15) is 5.26 Å². The van der Waals surface area contributed by atoms with Crippen LogP contribution in [0.4, 0.5) is 0 Å². The van der Waals surface area contributed by atoms with Gasteiger partial charge in [-0.25, -0.2) is 9.59 Å². The van der Waals surface area contributed by atoms with E-state index >= 15 is 0 Å². The van der Waals surface area contributed by atoms with E-state index in [0.29, 0.717) is 17.7 Å². The summed E-state index contributed by atoms with van der Waals surface area (Å²) in [7, 11) is 0. The molecular weight excluding hydrogens is 386 g/mol. The number of hydrogen-bond donors (Lipinski definition) is 2. The van der Waals surface area contributed by atoms with Crippen molar-refractivity contribution in [1.82, 2.24) is 0 Å². The second-order valence-corrected chi connectivity index (χ2v) is 5.90. The quantitative estimate of drug-likeness (QED) is 0.507. The van der Waals surface area contributed by atoms with Gasteiger partial charge in [-0.3, -0.25) is 0 Å². The molecule has 0 aliphatic rings. The fourth-order valence-corrected chi connectivity index (χ4v) is 2.62. The fourth-order valence-electron chi connectivity index (χ4n) is 2.35. The highest BCUT2D eigenvalue weighted by Gasteiger charge is 2.14. The van der Waals surface area contributed by atoms with Crippen molar-refractivity contribution in [2.45, 2.75) is 6.92 Å². The maximum atomic E-state index is 10.9. The molecule has 0 unspecified atom stereocenters. The standard InChI is InChI=1S/C20H16ClNO6/c1-2-27-17-9-12(8-16(21)19(17)28-11-18(23)24)7-15(10-22)13-3-5-14(6-4-13)20(25)26/h3-9H,2,11H2,1H3,(H,23,24)(H,25,26)/b15-7-. The lowest BCUT2D eigenvalue weighted by atomic mass is 10.0. The zero-order valence-electron chi connectivity index (χ0n) is 14.8. The van der Waals surface area contributed by atoms with E-state index in [0.717, 1.165) is 0 Å². The highest BCUT2D eigenvalue weighted by molar-refractivity contribution is 6.32. The van der Waals surface area contributed by atoms with Crippen LogP contribution in [0, 0.1) is 11.3 Å². The number of aliphatic carboxylic acids is 1. The number of halogens is 1. The van der Waals surface area contributed by atoms with Gasteiger partial charge >= 0.3 is 11.9 Å². The Morgan fingerprint density at radius 1 is 1.14 bits per heavy atom. The molecule has 0 saturated carbocycles. The summed E-state index contributed by atoms with van der Waals surface area (Å²) in [5.41, 5.74) is 1.47. The average molecular weight is 402 g/mol. The molecule has 7 nitrogen and oxygen atoms in total. The van der Waals surface area contributed by atoms with Gasteiger partial charge in [0, 0.05) is 0 Å². The van der Waals surface area contributed by atoms with Crippen LogP contribution in [0.15, 0.2) is 36.4 Å². The molecule has 0 aliphatic carbocycles. The van der Waals surface area contributed by atoms with Crippen LogP contribution in [-0.4, -0.2) is 35.4 Å². The van der Waals surface area contributed by atoms with Gasteiger partial charge in [-0.05, 0) is 48.4 Å². The van der Waals surface area contributed by atoms with Gasteiger partial charge in [0.15, 0.2) is 18.1 Å². The summed E-state index contributed by atoms with van der Waals surface area (Å²) in [6.45, 7) is 1.48. The molecule has 144 valence electrons. The van der Waals surface area contributed by atoms with Crippen molar-refractivity contribution in [1.29, 1.82) is 5.26 Å². The van der Waals surface area contributed by atoms with Crippen LogP contribution in [0.2, 0.25) is 5.02 Å². The molecule has 0 spiro atoms. The zero-order valence-corrected chi connectivity index (χ0v) is 15.6. The first-order chi connectivity index (χ1) is 13.3. The Labute approximate surface area is 166 Å². The van der Waals surface area contributed by atoms with E-state index in [1.165, 1.54) is 30.3 Å². The second-order valence-electron chi connectivity index (χ2n) is 5.50. The van der Waals surface area contributed by atoms with Gasteiger partial charge in [0.05, 0.1) is 28.8 Å². The Kier molecular flexibility index (Phi) is 7.02. The molecule has 0 radical (unpaired) electrons. The Balaban J connectivity index is 2.43. The number of hydrogen-bond acceptors (Lipinski definition) is 5. The minimum atomic E-state index is -1.15. The lowest BCUT2D eigenvalue weighted by molar-refractivity contribution is -0.139. The summed E-state index contributed by atoms with van der Waals surface area (Å²) >= 11 is 6.21. The second kappa shape index (κ2) is 9.44. The Hall–Kier alpha value is -3.50. The SMILES string of the molecule is CCOc1cc(/C=C(/C#N)c2ccc(C(=O)O)cc2)cc(Cl)c1OCC(=O)O. The van der Waals surface area contributed by atoms with E-state index in [9.17, 15) is 14.9 Å². The molecule has 0 aliphatic heterocycles. The highest BCUT2D eigenvalue weighted by atomic mass is 35.5. The van der Waals surface area contributed by atoms with E-state index in [4.69, 9.17) is 31.3 Å². The Morgan fingerprint density at radius 2 is 1.79 bits per heavy atom. The lowest BCUT2D eigenvalue weighted by Crippen LogP contribution is -2.10. The molecule has 0 amide bonds. The average Bonchev–Trinajstić information content (AvgIpc) is 2.65. The molecule has 28 heavy (non-hydrogen) atoms. The monoisotopic (exact) mass is 401 g/mol. The third kappa shape index (κ3) is 5.25. The van der Waals surface area contributed by atoms with Crippen molar-refractivity contribution in [3.05, 3.63) is 58.1 Å². The molecule has 2 aromatic rings. The molecule has 0 heterocycles. The van der Waals surface area contributed by atoms with Gasteiger partial charge in [-0.15, -0.1) is 0 Å². The molecule has 0 saturated heterocycles. The van der Waals surface area contributed by atoms with Gasteiger partial charge in [-0.1, -0.05) is 23.7 Å². The zero-order chi connectivity index (χ0) is 20.7. The number of allylic oxidation sites excluding steroid dienone is 1. The number of carboxylic acids is 2. The molecule has 0 aromatic heterocycles. The highest BCUT2D eigenvalue weighted by Crippen LogP contribution is 2.37. The summed E-state index contributed by atoms with van der Waals surface area (Å²) in [4.78, 5) is 21.7. The van der Waals surface area contributed by atoms with Crippen molar-refractivity contribution in [2.75, 3.05) is 13.2 Å². The first-order valence-electron chi connectivity index (χ1n) is 8.12. The minimum absolute atomic E-state index is 0.104. The summed E-state index contributed by atoms with van der Waals surface area (Å²) < 4.78 is 10.7. The summed E-state index contributed by atoms with van der Waals surface area (Å²) in [5.74, 6) is -1.86. The van der Waals surface area contributed by atoms with Crippen LogP contribution in [0.25, 0.3) is 11.6 Å². The summed E-state index contributed by atoms with van der Waals surface area (Å²) in [5, 5.41) is 27.4. The molecule has 2 rings (SSSR count). The number of carboxylic acid groups (broad SMARTS) is 2. The Bertz CT molecular complexity index is 960. The largest absolute Gasteiger partial charge is 0.490 e. The van der Waals surface area contributed by atoms with Crippen molar-refractivity contribution in [2.24, 2.45) is 0 Å². The predicted molar refractivity (Wildman–Crippen MR) is 103 cm³/mol. The van der Waals surface area contributed by atoms with E-state index in [-0.39, 0.29) is 27.7 Å². The van der Waals surface area contributed by atoms with Gasteiger partial charge in [0.1, 0.15) is 0 Å². The maximum Gasteiger partial charge on any atom is 0.341 e. The third-order valence-corrected chi connectivity index (χ3v) is 3.83. The molecule has 0 fully saturated rings. The predicted octanol–water partition coefficient (Wildman–Crippen LogP) is 3.96. The first kappa shape index (κ1) is 20.8. The molecule has 0 bridgehead atoms. The van der Waals surface area contributed by atoms with E-state index in [1.54, 1.807) is 19.1 Å². The van der Waals surface area contributed by atoms with Crippen LogP contribution in [0.5, 0.6) is 11.5 Å². The fraction of sp³-hybridized carbons (Fsp3) is 0.150. The minimum Gasteiger partial charge on any atom is -0.490 e. The van der Waals surface area contributed by atoms with E-state index in [1.807, 2.05) is 0 Å². The number of ether oxygens (including phenoxy) is 2.